The topological polar surface area (TPSA) is 42.3 Å². The van der Waals surface area contributed by atoms with Crippen LogP contribution in [-0.2, 0) is 17.1 Å². The Morgan fingerprint density at radius 1 is 1.21 bits per heavy atom. The Kier molecular flexibility index (Phi) is 3.95. The molecule has 1 atom stereocenters. The molecule has 24 heavy (non-hydrogen) atoms. The Balaban J connectivity index is 1.63. The number of halogens is 1. The molecule has 4 nitrogen and oxygen atoms in total. The van der Waals surface area contributed by atoms with Gasteiger partial charge in [-0.3, -0.25) is 0 Å². The molecule has 1 aromatic carbocycles. The minimum Gasteiger partial charge on any atom is -0.347 e. The van der Waals surface area contributed by atoms with Gasteiger partial charge in [0.25, 0.3) is 10.0 Å². The smallest absolute Gasteiger partial charge is 0.252 e. The fourth-order valence-electron chi connectivity index (χ4n) is 3.45. The molecular weight excluding hydrogens is 364 g/mol. The lowest BCUT2D eigenvalue weighted by Gasteiger charge is -2.16. The fraction of sp³-hybridized carbons (Fsp3) is 0.294. The first-order chi connectivity index (χ1) is 11.5. The van der Waals surface area contributed by atoms with Gasteiger partial charge in [0.1, 0.15) is 4.21 Å². The van der Waals surface area contributed by atoms with Gasteiger partial charge in [0.05, 0.1) is 4.34 Å². The molecule has 3 heterocycles. The third-order valence-electron chi connectivity index (χ3n) is 4.70. The summed E-state index contributed by atoms with van der Waals surface area (Å²) in [7, 11) is -1.39. The number of thiophene rings is 1. The molecule has 0 N–H and O–H groups in total. The zero-order chi connectivity index (χ0) is 16.9. The molecule has 1 saturated heterocycles. The molecule has 0 aliphatic carbocycles. The molecule has 126 valence electrons. The van der Waals surface area contributed by atoms with Crippen LogP contribution < -0.4 is 0 Å². The normalized spacial score (nSPS) is 19.3. The van der Waals surface area contributed by atoms with E-state index in [0.717, 1.165) is 17.8 Å². The van der Waals surface area contributed by atoms with Crippen LogP contribution in [0.5, 0.6) is 0 Å². The fourth-order valence-corrected chi connectivity index (χ4v) is 6.59. The summed E-state index contributed by atoms with van der Waals surface area (Å²) in [5, 5.41) is 1.20. The maximum atomic E-state index is 12.8. The van der Waals surface area contributed by atoms with E-state index in [-0.39, 0.29) is 5.92 Å². The predicted molar refractivity (Wildman–Crippen MR) is 98.4 cm³/mol. The molecule has 0 spiro atoms. The summed E-state index contributed by atoms with van der Waals surface area (Å²) in [5.41, 5.74) is 2.37. The molecular formula is C17H17ClN2O2S2. The predicted octanol–water partition coefficient (Wildman–Crippen LogP) is 4.07. The van der Waals surface area contributed by atoms with Crippen molar-refractivity contribution in [2.24, 2.45) is 7.05 Å². The van der Waals surface area contributed by atoms with Gasteiger partial charge in [0.15, 0.2) is 0 Å². The third kappa shape index (κ3) is 2.58. The summed E-state index contributed by atoms with van der Waals surface area (Å²) in [4.78, 5) is 0. The average Bonchev–Trinajstić information content (AvgIpc) is 3.27. The summed E-state index contributed by atoms with van der Waals surface area (Å²) in [6, 6.07) is 13.6. The van der Waals surface area contributed by atoms with Crippen LogP contribution in [0.1, 0.15) is 18.0 Å². The summed E-state index contributed by atoms with van der Waals surface area (Å²) < 4.78 is 30.1. The lowest BCUT2D eigenvalue weighted by molar-refractivity contribution is 0.473. The minimum absolute atomic E-state index is 0.215. The first-order valence-corrected chi connectivity index (χ1v) is 10.4. The van der Waals surface area contributed by atoms with Crippen molar-refractivity contribution < 1.29 is 8.42 Å². The number of benzene rings is 1. The van der Waals surface area contributed by atoms with Crippen LogP contribution in [0, 0.1) is 0 Å². The van der Waals surface area contributed by atoms with Crippen LogP contribution >= 0.6 is 22.9 Å². The van der Waals surface area contributed by atoms with Crippen molar-refractivity contribution >= 4 is 43.9 Å². The zero-order valence-corrected chi connectivity index (χ0v) is 15.5. The second kappa shape index (κ2) is 5.88. The molecule has 1 unspecified atom stereocenters. The largest absolute Gasteiger partial charge is 0.347 e. The molecule has 1 aliphatic heterocycles. The maximum absolute atomic E-state index is 12.8. The highest BCUT2D eigenvalue weighted by atomic mass is 35.5. The summed E-state index contributed by atoms with van der Waals surface area (Å²) in [5.74, 6) is 0.215. The average molecular weight is 381 g/mol. The highest BCUT2D eigenvalue weighted by Gasteiger charge is 2.35. The monoisotopic (exact) mass is 380 g/mol. The van der Waals surface area contributed by atoms with Crippen molar-refractivity contribution in [2.45, 2.75) is 16.5 Å². The zero-order valence-electron chi connectivity index (χ0n) is 13.1. The first-order valence-electron chi connectivity index (χ1n) is 7.76. The summed E-state index contributed by atoms with van der Waals surface area (Å²) in [6.07, 6.45) is 0.836. The van der Waals surface area contributed by atoms with E-state index in [1.807, 2.05) is 19.2 Å². The van der Waals surface area contributed by atoms with Crippen LogP contribution in [0.2, 0.25) is 4.34 Å². The van der Waals surface area contributed by atoms with Gasteiger partial charge >= 0.3 is 0 Å². The van der Waals surface area contributed by atoms with Crippen LogP contribution in [0.25, 0.3) is 10.9 Å². The van der Waals surface area contributed by atoms with Crippen LogP contribution in [0.4, 0.5) is 0 Å². The van der Waals surface area contributed by atoms with Crippen molar-refractivity contribution in [1.29, 1.82) is 0 Å². The standard InChI is InChI=1S/C17H17ClN2O2S2/c1-19-14-5-3-2-4-12(14)10-15(19)13-8-9-20(11-13)24(21,22)17-7-6-16(18)23-17/h2-7,10,13H,8-9,11H2,1H3. The van der Waals surface area contributed by atoms with E-state index in [4.69, 9.17) is 11.6 Å². The van der Waals surface area contributed by atoms with E-state index in [1.54, 1.807) is 16.4 Å². The van der Waals surface area contributed by atoms with Gasteiger partial charge < -0.3 is 4.57 Å². The number of aromatic nitrogens is 1. The lowest BCUT2D eigenvalue weighted by atomic mass is 10.1. The number of aryl methyl sites for hydroxylation is 1. The summed E-state index contributed by atoms with van der Waals surface area (Å²) in [6.45, 7) is 1.06. The lowest BCUT2D eigenvalue weighted by Crippen LogP contribution is -2.28. The second-order valence-corrected chi connectivity index (χ2v) is 9.97. The number of fused-ring (bicyclic) bond motifs is 1. The Morgan fingerprint density at radius 2 is 2.00 bits per heavy atom. The molecule has 0 bridgehead atoms. The molecule has 0 amide bonds. The third-order valence-corrected chi connectivity index (χ3v) is 8.26. The number of hydrogen-bond acceptors (Lipinski definition) is 3. The van der Waals surface area contributed by atoms with Crippen LogP contribution in [0.15, 0.2) is 46.7 Å². The molecule has 3 aromatic rings. The van der Waals surface area contributed by atoms with Crippen molar-refractivity contribution in [3.63, 3.8) is 0 Å². The van der Waals surface area contributed by atoms with E-state index in [9.17, 15) is 8.42 Å². The van der Waals surface area contributed by atoms with Crippen molar-refractivity contribution in [2.75, 3.05) is 13.1 Å². The van der Waals surface area contributed by atoms with Gasteiger partial charge in [-0.15, -0.1) is 11.3 Å². The van der Waals surface area contributed by atoms with Gasteiger partial charge in [-0.1, -0.05) is 29.8 Å². The van der Waals surface area contributed by atoms with Gasteiger partial charge in [0.2, 0.25) is 0 Å². The molecule has 0 radical (unpaired) electrons. The second-order valence-electron chi connectivity index (χ2n) is 6.09. The van der Waals surface area contributed by atoms with E-state index >= 15 is 0 Å². The molecule has 2 aromatic heterocycles. The molecule has 4 rings (SSSR count). The van der Waals surface area contributed by atoms with Crippen molar-refractivity contribution in [1.82, 2.24) is 8.87 Å². The SMILES string of the molecule is Cn1c(C2CCN(S(=O)(=O)c3ccc(Cl)s3)C2)cc2ccccc21. The number of nitrogens with zero attached hydrogens (tertiary/aromatic N) is 2. The van der Waals surface area contributed by atoms with Gasteiger partial charge in [-0.25, -0.2) is 8.42 Å². The van der Waals surface area contributed by atoms with E-state index in [1.165, 1.54) is 16.6 Å². The maximum Gasteiger partial charge on any atom is 0.252 e. The van der Waals surface area contributed by atoms with E-state index in [0.29, 0.717) is 21.6 Å². The molecule has 1 aliphatic rings. The molecule has 7 heteroatoms. The first kappa shape index (κ1) is 16.1. The highest BCUT2D eigenvalue weighted by molar-refractivity contribution is 7.91. The Morgan fingerprint density at radius 3 is 2.71 bits per heavy atom. The van der Waals surface area contributed by atoms with Gasteiger partial charge in [0, 0.05) is 37.3 Å². The highest BCUT2D eigenvalue weighted by Crippen LogP contribution is 2.35. The number of para-hydroxylation sites is 1. The van der Waals surface area contributed by atoms with Gasteiger partial charge in [-0.05, 0) is 36.1 Å². The Bertz CT molecular complexity index is 1010. The molecule has 0 saturated carbocycles. The van der Waals surface area contributed by atoms with Crippen LogP contribution in [0.3, 0.4) is 0 Å². The van der Waals surface area contributed by atoms with Gasteiger partial charge in [-0.2, -0.15) is 4.31 Å². The quantitative estimate of drug-likeness (QED) is 0.687. The number of sulfonamides is 1. The van der Waals surface area contributed by atoms with Crippen LogP contribution in [-0.4, -0.2) is 30.4 Å². The van der Waals surface area contributed by atoms with Crippen molar-refractivity contribution in [3.05, 3.63) is 52.5 Å². The number of rotatable bonds is 3. The van der Waals surface area contributed by atoms with E-state index in [2.05, 4.69) is 22.8 Å². The summed E-state index contributed by atoms with van der Waals surface area (Å²) >= 11 is 7.01. The van der Waals surface area contributed by atoms with E-state index < -0.39 is 10.0 Å². The Hall–Kier alpha value is -1.34. The number of hydrogen-bond donors (Lipinski definition) is 0. The minimum atomic E-state index is -3.44. The van der Waals surface area contributed by atoms with Crippen molar-refractivity contribution in [3.8, 4) is 0 Å². The Labute approximate surface area is 150 Å². The molecule has 1 fully saturated rings.